The van der Waals surface area contributed by atoms with Crippen LogP contribution in [-0.4, -0.2) is 19.4 Å². The summed E-state index contributed by atoms with van der Waals surface area (Å²) < 4.78 is 5.20. The Morgan fingerprint density at radius 1 is 0.706 bits per heavy atom. The second-order valence-corrected chi connectivity index (χ2v) is 7.56. The Hall–Kier alpha value is -4.55. The summed E-state index contributed by atoms with van der Waals surface area (Å²) >= 11 is 0. The smallest absolute Gasteiger partial charge is 0.195 e. The van der Waals surface area contributed by atoms with E-state index in [1.807, 2.05) is 115 Å². The van der Waals surface area contributed by atoms with Gasteiger partial charge in [0.2, 0.25) is 0 Å². The molecule has 4 aromatic rings. The van der Waals surface area contributed by atoms with Gasteiger partial charge in [0.25, 0.3) is 0 Å². The van der Waals surface area contributed by atoms with Gasteiger partial charge in [-0.3, -0.25) is 4.79 Å². The highest BCUT2D eigenvalue weighted by Crippen LogP contribution is 2.28. The van der Waals surface area contributed by atoms with E-state index in [0.717, 1.165) is 28.1 Å². The van der Waals surface area contributed by atoms with E-state index in [2.05, 4.69) is 17.2 Å². The van der Waals surface area contributed by atoms with Gasteiger partial charge in [0.1, 0.15) is 5.75 Å². The van der Waals surface area contributed by atoms with Crippen LogP contribution in [0.4, 0.5) is 0 Å². The average Bonchev–Trinajstić information content (AvgIpc) is 2.92. The van der Waals surface area contributed by atoms with Gasteiger partial charge in [-0.25, -0.2) is 0 Å². The zero-order valence-corrected chi connectivity index (χ0v) is 19.0. The van der Waals surface area contributed by atoms with Gasteiger partial charge in [0.15, 0.2) is 5.78 Å². The lowest BCUT2D eigenvalue weighted by atomic mass is 9.92. The fraction of sp³-hybridized carbons (Fsp3) is 0.0645. The number of Topliss-reactive ketones (excluding diaryl/α,β-unsaturated/α-hetero) is 1. The molecule has 166 valence electrons. The number of hydrogen-bond acceptors (Lipinski definition) is 3. The molecular formula is C31H25NO2. The van der Waals surface area contributed by atoms with Gasteiger partial charge >= 0.3 is 0 Å². The van der Waals surface area contributed by atoms with Gasteiger partial charge in [-0.2, -0.15) is 0 Å². The number of carbonyl (C=O) groups is 1. The van der Waals surface area contributed by atoms with E-state index in [1.54, 1.807) is 7.11 Å². The number of nitrogens with one attached hydrogen (secondary N) is 1. The largest absolute Gasteiger partial charge is 0.497 e. The van der Waals surface area contributed by atoms with Crippen LogP contribution in [0.5, 0.6) is 5.75 Å². The second kappa shape index (κ2) is 11.4. The summed E-state index contributed by atoms with van der Waals surface area (Å²) in [5.74, 6) is 7.10. The molecule has 0 bridgehead atoms. The van der Waals surface area contributed by atoms with E-state index in [9.17, 15) is 4.79 Å². The minimum absolute atomic E-state index is 0.0405. The van der Waals surface area contributed by atoms with Gasteiger partial charge in [-0.1, -0.05) is 103 Å². The topological polar surface area (TPSA) is 38.3 Å². The van der Waals surface area contributed by atoms with Gasteiger partial charge in [-0.15, -0.1) is 0 Å². The lowest BCUT2D eigenvalue weighted by Crippen LogP contribution is -2.18. The molecule has 4 aromatic carbocycles. The Bertz CT molecular complexity index is 1310. The maximum absolute atomic E-state index is 13.7. The summed E-state index contributed by atoms with van der Waals surface area (Å²) in [5, 5.41) is 3.44. The van der Waals surface area contributed by atoms with Crippen molar-refractivity contribution < 1.29 is 9.53 Å². The fourth-order valence-corrected chi connectivity index (χ4v) is 3.62. The van der Waals surface area contributed by atoms with Crippen molar-refractivity contribution >= 4 is 17.1 Å². The molecule has 0 heterocycles. The van der Waals surface area contributed by atoms with Crippen molar-refractivity contribution in [1.29, 1.82) is 0 Å². The highest BCUT2D eigenvalue weighted by molar-refractivity contribution is 6.34. The van der Waals surface area contributed by atoms with Crippen molar-refractivity contribution in [3.8, 4) is 17.6 Å². The molecule has 0 saturated heterocycles. The van der Waals surface area contributed by atoms with E-state index in [4.69, 9.17) is 4.74 Å². The molecule has 0 unspecified atom stereocenters. The third kappa shape index (κ3) is 5.62. The molecule has 0 aliphatic rings. The Labute approximate surface area is 200 Å². The molecule has 34 heavy (non-hydrogen) atoms. The Kier molecular flexibility index (Phi) is 7.56. The Morgan fingerprint density at radius 2 is 1.24 bits per heavy atom. The highest BCUT2D eigenvalue weighted by atomic mass is 16.5. The van der Waals surface area contributed by atoms with E-state index in [-0.39, 0.29) is 5.78 Å². The molecular weight excluding hydrogens is 418 g/mol. The Morgan fingerprint density at radius 3 is 1.79 bits per heavy atom. The zero-order valence-electron chi connectivity index (χ0n) is 19.0. The number of rotatable bonds is 7. The van der Waals surface area contributed by atoms with Crippen LogP contribution in [0.1, 0.15) is 27.0 Å². The average molecular weight is 444 g/mol. The van der Waals surface area contributed by atoms with Crippen LogP contribution in [0, 0.1) is 11.8 Å². The summed E-state index contributed by atoms with van der Waals surface area (Å²) in [7, 11) is 1.64. The van der Waals surface area contributed by atoms with Crippen molar-refractivity contribution in [1.82, 2.24) is 5.32 Å². The lowest BCUT2D eigenvalue weighted by Gasteiger charge is -2.17. The van der Waals surface area contributed by atoms with Crippen LogP contribution in [0.15, 0.2) is 115 Å². The van der Waals surface area contributed by atoms with Crippen molar-refractivity contribution in [3.05, 3.63) is 138 Å². The Balaban J connectivity index is 1.74. The molecule has 0 fully saturated rings. The molecule has 0 aliphatic carbocycles. The molecule has 1 N–H and O–H groups in total. The molecule has 0 spiro atoms. The maximum Gasteiger partial charge on any atom is 0.195 e. The first-order chi connectivity index (χ1) is 16.8. The van der Waals surface area contributed by atoms with E-state index >= 15 is 0 Å². The third-order valence-corrected chi connectivity index (χ3v) is 5.31. The van der Waals surface area contributed by atoms with Crippen LogP contribution < -0.4 is 10.1 Å². The third-order valence-electron chi connectivity index (χ3n) is 5.31. The summed E-state index contributed by atoms with van der Waals surface area (Å²) in [5.41, 5.74) is 4.69. The normalized spacial score (nSPS) is 11.0. The molecule has 0 atom stereocenters. The highest BCUT2D eigenvalue weighted by Gasteiger charge is 2.20. The van der Waals surface area contributed by atoms with Crippen molar-refractivity contribution in [2.24, 2.45) is 0 Å². The molecule has 3 heteroatoms. The van der Waals surface area contributed by atoms with Crippen molar-refractivity contribution in [2.75, 3.05) is 13.7 Å². The molecule has 0 amide bonds. The molecule has 0 saturated carbocycles. The van der Waals surface area contributed by atoms with E-state index in [1.165, 1.54) is 0 Å². The molecule has 4 rings (SSSR count). The molecule has 0 aliphatic heterocycles. The van der Waals surface area contributed by atoms with Crippen LogP contribution in [0.2, 0.25) is 0 Å². The first-order valence-electron chi connectivity index (χ1n) is 11.1. The number of ketones is 1. The van der Waals surface area contributed by atoms with E-state index in [0.29, 0.717) is 17.7 Å². The summed E-state index contributed by atoms with van der Waals surface area (Å²) in [6.07, 6.45) is 0. The quantitative estimate of drug-likeness (QED) is 0.163. The van der Waals surface area contributed by atoms with Crippen molar-refractivity contribution in [2.45, 2.75) is 0 Å². The number of methoxy groups -OCH3 is 1. The SMILES string of the molecule is COc1ccc(C#CCN/C(=C(\C(=O)c2ccccc2)c2ccccc2)c2ccccc2)cc1. The van der Waals surface area contributed by atoms with Crippen LogP contribution >= 0.6 is 0 Å². The summed E-state index contributed by atoms with van der Waals surface area (Å²) in [6, 6.07) is 36.6. The van der Waals surface area contributed by atoms with Gasteiger partial charge in [-0.05, 0) is 35.4 Å². The first-order valence-corrected chi connectivity index (χ1v) is 11.1. The maximum atomic E-state index is 13.7. The monoisotopic (exact) mass is 443 g/mol. The number of ether oxygens (including phenoxy) is 1. The van der Waals surface area contributed by atoms with Gasteiger partial charge < -0.3 is 10.1 Å². The van der Waals surface area contributed by atoms with Crippen molar-refractivity contribution in [3.63, 3.8) is 0 Å². The standard InChI is InChI=1S/C31H25NO2/c1-34-28-21-19-24(20-22-28)12-11-23-32-30(26-15-7-3-8-16-26)29(25-13-5-2-6-14-25)31(33)27-17-9-4-10-18-27/h2-10,13-22,32H,23H2,1H3/b30-29-. The lowest BCUT2D eigenvalue weighted by molar-refractivity contribution is 0.105. The number of benzene rings is 4. The minimum Gasteiger partial charge on any atom is -0.497 e. The van der Waals surface area contributed by atoms with Crippen LogP contribution in [0.3, 0.4) is 0 Å². The molecule has 0 radical (unpaired) electrons. The number of allylic oxidation sites excluding steroid dienone is 1. The number of hydrogen-bond donors (Lipinski definition) is 1. The first kappa shape index (κ1) is 22.6. The predicted molar refractivity (Wildman–Crippen MR) is 138 cm³/mol. The molecule has 3 nitrogen and oxygen atoms in total. The van der Waals surface area contributed by atoms with Crippen LogP contribution in [0.25, 0.3) is 11.3 Å². The van der Waals surface area contributed by atoms with Crippen LogP contribution in [-0.2, 0) is 0 Å². The van der Waals surface area contributed by atoms with Gasteiger partial charge in [0.05, 0.1) is 24.9 Å². The number of carbonyl (C=O) groups excluding carboxylic acids is 1. The summed E-state index contributed by atoms with van der Waals surface area (Å²) in [6.45, 7) is 0.384. The van der Waals surface area contributed by atoms with E-state index < -0.39 is 0 Å². The second-order valence-electron chi connectivity index (χ2n) is 7.56. The van der Waals surface area contributed by atoms with Gasteiger partial charge in [0, 0.05) is 11.1 Å². The predicted octanol–water partition coefficient (Wildman–Crippen LogP) is 6.09. The minimum atomic E-state index is -0.0405. The fourth-order valence-electron chi connectivity index (χ4n) is 3.62. The molecule has 0 aromatic heterocycles. The summed E-state index contributed by atoms with van der Waals surface area (Å²) in [4.78, 5) is 13.7. The zero-order chi connectivity index (χ0) is 23.6.